The van der Waals surface area contributed by atoms with Crippen LogP contribution in [0.25, 0.3) is 0 Å². The van der Waals surface area contributed by atoms with Crippen LogP contribution in [0.1, 0.15) is 17.9 Å². The molecule has 1 aliphatic carbocycles. The lowest BCUT2D eigenvalue weighted by molar-refractivity contribution is -0.117. The Hall–Kier alpha value is -1.87. The third-order valence-corrected chi connectivity index (χ3v) is 3.53. The molecule has 0 bridgehead atoms. The third-order valence-electron chi connectivity index (χ3n) is 3.33. The minimum Gasteiger partial charge on any atom is -0.324 e. The van der Waals surface area contributed by atoms with Gasteiger partial charge in [-0.3, -0.25) is 9.78 Å². The number of carbonyl (C=O) groups excluding carboxylic acids is 1. The predicted octanol–water partition coefficient (Wildman–Crippen LogP) is 3.48. The van der Waals surface area contributed by atoms with E-state index in [1.54, 1.807) is 18.5 Å². The van der Waals surface area contributed by atoms with Gasteiger partial charge in [0.1, 0.15) is 0 Å². The van der Waals surface area contributed by atoms with Gasteiger partial charge in [0.2, 0.25) is 5.91 Å². The van der Waals surface area contributed by atoms with Crippen molar-refractivity contribution >= 4 is 23.2 Å². The number of hydrogen-bond donors (Lipinski definition) is 1. The van der Waals surface area contributed by atoms with Gasteiger partial charge in [-0.2, -0.15) is 0 Å². The fourth-order valence-corrected chi connectivity index (χ4v) is 2.44. The van der Waals surface area contributed by atoms with Gasteiger partial charge in [-0.15, -0.1) is 0 Å². The highest BCUT2D eigenvalue weighted by Gasteiger charge is 2.43. The molecular weight excluding hydrogens is 260 g/mol. The van der Waals surface area contributed by atoms with E-state index in [1.165, 1.54) is 5.56 Å². The van der Waals surface area contributed by atoms with Crippen molar-refractivity contribution < 1.29 is 4.79 Å². The highest BCUT2D eigenvalue weighted by Crippen LogP contribution is 2.47. The number of pyridine rings is 1. The molecule has 1 aliphatic rings. The number of benzene rings is 1. The number of hydrogen-bond acceptors (Lipinski definition) is 2. The fraction of sp³-hybridized carbons (Fsp3) is 0.200. The Morgan fingerprint density at radius 3 is 2.79 bits per heavy atom. The van der Waals surface area contributed by atoms with E-state index >= 15 is 0 Å². The first-order chi connectivity index (χ1) is 9.24. The number of aromatic nitrogens is 1. The van der Waals surface area contributed by atoms with Crippen molar-refractivity contribution in [2.75, 3.05) is 5.32 Å². The second-order valence-electron chi connectivity index (χ2n) is 4.74. The van der Waals surface area contributed by atoms with Gasteiger partial charge in [0.05, 0.1) is 16.9 Å². The molecule has 19 heavy (non-hydrogen) atoms. The SMILES string of the molecule is O=C(Nc1cncc(Cl)c1)[C@@H]1C[C@H]1c1ccccc1. The molecule has 3 rings (SSSR count). The molecule has 1 fully saturated rings. The van der Waals surface area contributed by atoms with Crippen molar-refractivity contribution in [3.05, 3.63) is 59.4 Å². The van der Waals surface area contributed by atoms with Gasteiger partial charge in [0.15, 0.2) is 0 Å². The minimum atomic E-state index is 0.0397. The zero-order valence-electron chi connectivity index (χ0n) is 10.2. The Balaban J connectivity index is 1.64. The highest BCUT2D eigenvalue weighted by atomic mass is 35.5. The van der Waals surface area contributed by atoms with Crippen molar-refractivity contribution in [1.82, 2.24) is 4.98 Å². The van der Waals surface area contributed by atoms with Gasteiger partial charge in [-0.1, -0.05) is 41.9 Å². The van der Waals surface area contributed by atoms with Crippen LogP contribution in [0.4, 0.5) is 5.69 Å². The average Bonchev–Trinajstić information content (AvgIpc) is 3.20. The fourth-order valence-electron chi connectivity index (χ4n) is 2.27. The number of nitrogens with one attached hydrogen (secondary N) is 1. The van der Waals surface area contributed by atoms with Crippen LogP contribution in [0.15, 0.2) is 48.8 Å². The Morgan fingerprint density at radius 1 is 1.26 bits per heavy atom. The maximum atomic E-state index is 12.1. The minimum absolute atomic E-state index is 0.0397. The first kappa shape index (κ1) is 12.2. The van der Waals surface area contributed by atoms with Crippen molar-refractivity contribution in [1.29, 1.82) is 0 Å². The quantitative estimate of drug-likeness (QED) is 0.929. The van der Waals surface area contributed by atoms with Crippen molar-refractivity contribution in [2.45, 2.75) is 12.3 Å². The maximum absolute atomic E-state index is 12.1. The number of amides is 1. The van der Waals surface area contributed by atoms with Gasteiger partial charge in [0.25, 0.3) is 0 Å². The first-order valence-electron chi connectivity index (χ1n) is 6.20. The lowest BCUT2D eigenvalue weighted by Gasteiger charge is -2.04. The topological polar surface area (TPSA) is 42.0 Å². The maximum Gasteiger partial charge on any atom is 0.228 e. The molecule has 4 heteroatoms. The Bertz CT molecular complexity index is 600. The Kier molecular flexibility index (Phi) is 3.22. The summed E-state index contributed by atoms with van der Waals surface area (Å²) in [4.78, 5) is 16.0. The summed E-state index contributed by atoms with van der Waals surface area (Å²) >= 11 is 5.83. The molecule has 3 nitrogen and oxygen atoms in total. The van der Waals surface area contributed by atoms with Crippen molar-refractivity contribution in [3.63, 3.8) is 0 Å². The number of halogens is 1. The Morgan fingerprint density at radius 2 is 2.05 bits per heavy atom. The second kappa shape index (κ2) is 5.02. The van der Waals surface area contributed by atoms with Gasteiger partial charge in [-0.05, 0) is 24.0 Å². The van der Waals surface area contributed by atoms with E-state index in [0.29, 0.717) is 16.6 Å². The largest absolute Gasteiger partial charge is 0.324 e. The van der Waals surface area contributed by atoms with Crippen LogP contribution in [-0.4, -0.2) is 10.9 Å². The summed E-state index contributed by atoms with van der Waals surface area (Å²) in [5, 5.41) is 3.38. The molecule has 2 atom stereocenters. The van der Waals surface area contributed by atoms with E-state index in [9.17, 15) is 4.79 Å². The molecular formula is C15H13ClN2O. The predicted molar refractivity (Wildman–Crippen MR) is 75.2 cm³/mol. The smallest absolute Gasteiger partial charge is 0.228 e. The van der Waals surface area contributed by atoms with Crippen molar-refractivity contribution in [3.8, 4) is 0 Å². The number of carbonyl (C=O) groups is 1. The van der Waals surface area contributed by atoms with E-state index < -0.39 is 0 Å². The normalized spacial score (nSPS) is 20.9. The zero-order valence-corrected chi connectivity index (χ0v) is 11.0. The van der Waals surface area contributed by atoms with E-state index in [4.69, 9.17) is 11.6 Å². The zero-order chi connectivity index (χ0) is 13.2. The van der Waals surface area contributed by atoms with Gasteiger partial charge in [0, 0.05) is 12.1 Å². The molecule has 1 heterocycles. The number of nitrogens with zero attached hydrogens (tertiary/aromatic N) is 1. The molecule has 1 aromatic heterocycles. The molecule has 1 saturated carbocycles. The van der Waals surface area contributed by atoms with Crippen LogP contribution in [-0.2, 0) is 4.79 Å². The van der Waals surface area contributed by atoms with E-state index in [1.807, 2.05) is 18.2 Å². The Labute approximate surface area is 116 Å². The van der Waals surface area contributed by atoms with Gasteiger partial charge in [-0.25, -0.2) is 0 Å². The summed E-state index contributed by atoms with van der Waals surface area (Å²) in [7, 11) is 0. The van der Waals surface area contributed by atoms with Crippen LogP contribution < -0.4 is 5.32 Å². The van der Waals surface area contributed by atoms with Crippen LogP contribution in [0.2, 0.25) is 5.02 Å². The summed E-state index contributed by atoms with van der Waals surface area (Å²) in [6, 6.07) is 11.8. The van der Waals surface area contributed by atoms with Crippen LogP contribution in [0, 0.1) is 5.92 Å². The molecule has 0 aliphatic heterocycles. The molecule has 1 N–H and O–H groups in total. The third kappa shape index (κ3) is 2.76. The standard InChI is InChI=1S/C15H13ClN2O/c16-11-6-12(9-17-8-11)18-15(19)14-7-13(14)10-4-2-1-3-5-10/h1-6,8-9,13-14H,7H2,(H,18,19)/t13-,14+/m0/s1. The van der Waals surface area contributed by atoms with Crippen LogP contribution >= 0.6 is 11.6 Å². The lowest BCUT2D eigenvalue weighted by Crippen LogP contribution is -2.14. The van der Waals surface area contributed by atoms with Crippen LogP contribution in [0.5, 0.6) is 0 Å². The van der Waals surface area contributed by atoms with Gasteiger partial charge < -0.3 is 5.32 Å². The number of rotatable bonds is 3. The summed E-state index contributed by atoms with van der Waals surface area (Å²) in [6.07, 6.45) is 4.05. The summed E-state index contributed by atoms with van der Waals surface area (Å²) in [6.45, 7) is 0. The van der Waals surface area contributed by atoms with E-state index in [0.717, 1.165) is 6.42 Å². The lowest BCUT2D eigenvalue weighted by atomic mass is 10.1. The molecule has 0 spiro atoms. The molecule has 0 unspecified atom stereocenters. The highest BCUT2D eigenvalue weighted by molar-refractivity contribution is 6.30. The van der Waals surface area contributed by atoms with E-state index in [2.05, 4.69) is 22.4 Å². The average molecular weight is 273 g/mol. The van der Waals surface area contributed by atoms with Crippen LogP contribution in [0.3, 0.4) is 0 Å². The molecule has 0 radical (unpaired) electrons. The summed E-state index contributed by atoms with van der Waals surface area (Å²) < 4.78 is 0. The monoisotopic (exact) mass is 272 g/mol. The number of anilines is 1. The second-order valence-corrected chi connectivity index (χ2v) is 5.18. The van der Waals surface area contributed by atoms with E-state index in [-0.39, 0.29) is 11.8 Å². The van der Waals surface area contributed by atoms with Crippen molar-refractivity contribution in [2.24, 2.45) is 5.92 Å². The molecule has 0 saturated heterocycles. The molecule has 96 valence electrons. The molecule has 1 amide bonds. The summed E-state index contributed by atoms with van der Waals surface area (Å²) in [5.41, 5.74) is 1.88. The molecule has 2 aromatic rings. The first-order valence-corrected chi connectivity index (χ1v) is 6.58. The summed E-state index contributed by atoms with van der Waals surface area (Å²) in [5.74, 6) is 0.438. The molecule has 1 aromatic carbocycles. The van der Waals surface area contributed by atoms with Gasteiger partial charge >= 0.3 is 0 Å².